The van der Waals surface area contributed by atoms with Crippen molar-refractivity contribution in [2.45, 2.75) is 13.3 Å². The highest BCUT2D eigenvalue weighted by molar-refractivity contribution is 6.05. The molecule has 2 heterocycles. The molecule has 0 saturated carbocycles. The summed E-state index contributed by atoms with van der Waals surface area (Å²) in [6.07, 6.45) is 2.26. The van der Waals surface area contributed by atoms with Crippen LogP contribution in [0.15, 0.2) is 54.7 Å². The number of hydrogen-bond donors (Lipinski definition) is 0. The second-order valence-corrected chi connectivity index (χ2v) is 5.94. The van der Waals surface area contributed by atoms with Crippen molar-refractivity contribution in [1.29, 1.82) is 0 Å². The van der Waals surface area contributed by atoms with Gasteiger partial charge in [0.2, 0.25) is 5.91 Å². The Bertz CT molecular complexity index is 922. The third kappa shape index (κ3) is 2.27. The van der Waals surface area contributed by atoms with Crippen molar-refractivity contribution in [3.05, 3.63) is 66.1 Å². The second-order valence-electron chi connectivity index (χ2n) is 5.94. The minimum absolute atomic E-state index is 0.0150. The predicted molar refractivity (Wildman–Crippen MR) is 88.2 cm³/mol. The molecule has 114 valence electrons. The molecular formula is C19H15FN2O. The quantitative estimate of drug-likeness (QED) is 0.674. The van der Waals surface area contributed by atoms with Gasteiger partial charge >= 0.3 is 0 Å². The highest BCUT2D eigenvalue weighted by Gasteiger charge is 2.31. The summed E-state index contributed by atoms with van der Waals surface area (Å²) in [5.41, 5.74) is 3.19. The van der Waals surface area contributed by atoms with Gasteiger partial charge in [-0.25, -0.2) is 4.39 Å². The van der Waals surface area contributed by atoms with Gasteiger partial charge in [0, 0.05) is 11.3 Å². The molecule has 1 atom stereocenters. The van der Waals surface area contributed by atoms with E-state index in [-0.39, 0.29) is 17.6 Å². The average Bonchev–Trinajstić information content (AvgIpc) is 2.56. The van der Waals surface area contributed by atoms with Gasteiger partial charge in [0.1, 0.15) is 5.82 Å². The van der Waals surface area contributed by atoms with Crippen LogP contribution in [0.2, 0.25) is 0 Å². The van der Waals surface area contributed by atoms with E-state index in [4.69, 9.17) is 0 Å². The molecule has 4 rings (SSSR count). The smallest absolute Gasteiger partial charge is 0.234 e. The molecule has 0 N–H and O–H groups in total. The van der Waals surface area contributed by atoms with Crippen molar-refractivity contribution in [2.24, 2.45) is 5.92 Å². The van der Waals surface area contributed by atoms with Crippen LogP contribution < -0.4 is 4.90 Å². The summed E-state index contributed by atoms with van der Waals surface area (Å²) in [4.78, 5) is 18.8. The van der Waals surface area contributed by atoms with Gasteiger partial charge < -0.3 is 0 Å². The van der Waals surface area contributed by atoms with Gasteiger partial charge in [-0.05, 0) is 42.3 Å². The Hall–Kier alpha value is -2.75. The Morgan fingerprint density at radius 3 is 2.87 bits per heavy atom. The summed E-state index contributed by atoms with van der Waals surface area (Å²) in [5.74, 6) is -0.446. The van der Waals surface area contributed by atoms with Gasteiger partial charge in [-0.2, -0.15) is 0 Å². The molecule has 0 saturated heterocycles. The molecule has 3 nitrogen and oxygen atoms in total. The maximum atomic E-state index is 13.5. The number of para-hydroxylation sites is 1. The number of benzene rings is 2. The normalized spacial score (nSPS) is 17.4. The zero-order valence-corrected chi connectivity index (χ0v) is 12.7. The fraction of sp³-hybridized carbons (Fsp3) is 0.158. The molecule has 1 aromatic heterocycles. The van der Waals surface area contributed by atoms with Crippen LogP contribution in [-0.2, 0) is 11.2 Å². The first-order valence-corrected chi connectivity index (χ1v) is 7.60. The number of amides is 1. The van der Waals surface area contributed by atoms with Crippen molar-refractivity contribution >= 4 is 28.2 Å². The third-order valence-electron chi connectivity index (χ3n) is 4.28. The summed E-state index contributed by atoms with van der Waals surface area (Å²) in [6, 6.07) is 14.3. The SMILES string of the molecule is CC1Cc2cc(F)ccc2N(c2cnc3ccccc3c2)C1=O. The van der Waals surface area contributed by atoms with Crippen LogP contribution in [-0.4, -0.2) is 10.9 Å². The number of aromatic nitrogens is 1. The molecule has 0 aliphatic carbocycles. The summed E-state index contributed by atoms with van der Waals surface area (Å²) < 4.78 is 13.5. The summed E-state index contributed by atoms with van der Waals surface area (Å²) >= 11 is 0. The fourth-order valence-corrected chi connectivity index (χ4v) is 3.14. The van der Waals surface area contributed by atoms with Gasteiger partial charge in [-0.3, -0.25) is 14.7 Å². The molecular weight excluding hydrogens is 291 g/mol. The molecule has 1 amide bonds. The van der Waals surface area contributed by atoms with Gasteiger partial charge in [-0.1, -0.05) is 25.1 Å². The number of pyridine rings is 1. The molecule has 23 heavy (non-hydrogen) atoms. The Labute approximate surface area is 133 Å². The minimum Gasteiger partial charge on any atom is -0.279 e. The monoisotopic (exact) mass is 306 g/mol. The Balaban J connectivity index is 1.90. The number of carbonyl (C=O) groups excluding carboxylic acids is 1. The van der Waals surface area contributed by atoms with Crippen molar-refractivity contribution in [3.8, 4) is 0 Å². The van der Waals surface area contributed by atoms with Crippen molar-refractivity contribution in [3.63, 3.8) is 0 Å². The number of rotatable bonds is 1. The Morgan fingerprint density at radius 2 is 2.00 bits per heavy atom. The summed E-state index contributed by atoms with van der Waals surface area (Å²) in [7, 11) is 0. The van der Waals surface area contributed by atoms with E-state index in [0.29, 0.717) is 12.1 Å². The maximum absolute atomic E-state index is 13.5. The van der Waals surface area contributed by atoms with Crippen molar-refractivity contribution in [2.75, 3.05) is 4.90 Å². The lowest BCUT2D eigenvalue weighted by molar-refractivity contribution is -0.121. The largest absolute Gasteiger partial charge is 0.279 e. The van der Waals surface area contributed by atoms with Crippen LogP contribution in [0.1, 0.15) is 12.5 Å². The number of hydrogen-bond acceptors (Lipinski definition) is 2. The predicted octanol–water partition coefficient (Wildman–Crippen LogP) is 4.23. The van der Waals surface area contributed by atoms with Crippen molar-refractivity contribution < 1.29 is 9.18 Å². The fourth-order valence-electron chi connectivity index (χ4n) is 3.14. The van der Waals surface area contributed by atoms with Gasteiger partial charge in [0.05, 0.1) is 23.1 Å². The van der Waals surface area contributed by atoms with Crippen LogP contribution in [0, 0.1) is 11.7 Å². The summed E-state index contributed by atoms with van der Waals surface area (Å²) in [6.45, 7) is 1.87. The van der Waals surface area contributed by atoms with Crippen molar-refractivity contribution in [1.82, 2.24) is 4.98 Å². The lowest BCUT2D eigenvalue weighted by atomic mass is 9.92. The standard InChI is InChI=1S/C19H15FN2O/c1-12-8-14-9-15(20)6-7-18(14)22(19(12)23)16-10-13-4-2-3-5-17(13)21-11-16/h2-7,9-12H,8H2,1H3. The van der Waals surface area contributed by atoms with E-state index in [0.717, 1.165) is 22.2 Å². The first-order valence-electron chi connectivity index (χ1n) is 7.60. The molecule has 2 aromatic carbocycles. The first-order chi connectivity index (χ1) is 11.1. The number of anilines is 2. The Morgan fingerprint density at radius 1 is 1.17 bits per heavy atom. The van der Waals surface area contributed by atoms with Crippen LogP contribution in [0.3, 0.4) is 0 Å². The average molecular weight is 306 g/mol. The second kappa shape index (κ2) is 5.16. The summed E-state index contributed by atoms with van der Waals surface area (Å²) in [5, 5.41) is 0.972. The molecule has 1 unspecified atom stereocenters. The molecule has 0 spiro atoms. The first kappa shape index (κ1) is 13.9. The highest BCUT2D eigenvalue weighted by Crippen LogP contribution is 2.37. The van der Waals surface area contributed by atoms with E-state index in [1.54, 1.807) is 17.2 Å². The van der Waals surface area contributed by atoms with E-state index in [2.05, 4.69) is 4.98 Å². The third-order valence-corrected chi connectivity index (χ3v) is 4.28. The van der Waals surface area contributed by atoms with Crippen LogP contribution in [0.5, 0.6) is 0 Å². The molecule has 0 bridgehead atoms. The Kier molecular flexibility index (Phi) is 3.11. The topological polar surface area (TPSA) is 33.2 Å². The molecule has 0 fully saturated rings. The number of fused-ring (bicyclic) bond motifs is 2. The van der Waals surface area contributed by atoms with Gasteiger partial charge in [-0.15, -0.1) is 0 Å². The number of carbonyl (C=O) groups is 1. The zero-order chi connectivity index (χ0) is 16.0. The number of nitrogens with zero attached hydrogens (tertiary/aromatic N) is 2. The maximum Gasteiger partial charge on any atom is 0.234 e. The molecule has 1 aliphatic heterocycles. The van der Waals surface area contributed by atoms with E-state index < -0.39 is 0 Å². The van der Waals surface area contributed by atoms with E-state index in [9.17, 15) is 9.18 Å². The van der Waals surface area contributed by atoms with E-state index in [1.165, 1.54) is 12.1 Å². The molecule has 3 aromatic rings. The van der Waals surface area contributed by atoms with E-state index in [1.807, 2.05) is 37.3 Å². The van der Waals surface area contributed by atoms with Crippen LogP contribution >= 0.6 is 0 Å². The number of halogens is 1. The molecule has 0 radical (unpaired) electrons. The van der Waals surface area contributed by atoms with Crippen LogP contribution in [0.4, 0.5) is 15.8 Å². The lowest BCUT2D eigenvalue weighted by Crippen LogP contribution is -2.36. The van der Waals surface area contributed by atoms with Gasteiger partial charge in [0.25, 0.3) is 0 Å². The lowest BCUT2D eigenvalue weighted by Gasteiger charge is -2.32. The molecule has 4 heteroatoms. The zero-order valence-electron chi connectivity index (χ0n) is 12.7. The highest BCUT2D eigenvalue weighted by atomic mass is 19.1. The van der Waals surface area contributed by atoms with Gasteiger partial charge in [0.15, 0.2) is 0 Å². The molecule has 1 aliphatic rings. The van der Waals surface area contributed by atoms with E-state index >= 15 is 0 Å². The van der Waals surface area contributed by atoms with Crippen LogP contribution in [0.25, 0.3) is 10.9 Å². The minimum atomic E-state index is -0.276.